The summed E-state index contributed by atoms with van der Waals surface area (Å²) in [6.45, 7) is 5.92. The molecule has 0 unspecified atom stereocenters. The largest absolute Gasteiger partial charge is 0.366 e. The molecule has 4 atom stereocenters. The van der Waals surface area contributed by atoms with Crippen molar-refractivity contribution in [3.8, 4) is 0 Å². The summed E-state index contributed by atoms with van der Waals surface area (Å²) in [7, 11) is 0. The number of halogens is 4. The second-order valence-corrected chi connectivity index (χ2v) is 12.5. The van der Waals surface area contributed by atoms with Crippen molar-refractivity contribution in [2.75, 3.05) is 10.6 Å². The van der Waals surface area contributed by atoms with Crippen molar-refractivity contribution in [3.63, 3.8) is 0 Å². The fourth-order valence-corrected chi connectivity index (χ4v) is 6.45. The number of benzene rings is 3. The minimum atomic E-state index is -1.60. The highest BCUT2D eigenvalue weighted by Crippen LogP contribution is 2.57. The van der Waals surface area contributed by atoms with Crippen LogP contribution in [0.25, 0.3) is 0 Å². The Morgan fingerprint density at radius 1 is 1.05 bits per heavy atom. The van der Waals surface area contributed by atoms with E-state index in [1.54, 1.807) is 6.07 Å². The van der Waals surface area contributed by atoms with Gasteiger partial charge in [-0.15, -0.1) is 0 Å². The molecule has 1 fully saturated rings. The summed E-state index contributed by atoms with van der Waals surface area (Å²) in [5.41, 5.74) is 4.57. The van der Waals surface area contributed by atoms with Gasteiger partial charge in [0.05, 0.1) is 16.1 Å². The molecule has 0 saturated carbocycles. The van der Waals surface area contributed by atoms with Gasteiger partial charge in [-0.1, -0.05) is 56.1 Å². The highest BCUT2D eigenvalue weighted by molar-refractivity contribution is 6.31. The quantitative estimate of drug-likeness (QED) is 0.298. The number of anilines is 2. The topological polar surface area (TPSA) is 113 Å². The molecule has 7 nitrogen and oxygen atoms in total. The lowest BCUT2D eigenvalue weighted by Crippen LogP contribution is -2.49. The van der Waals surface area contributed by atoms with Gasteiger partial charge in [0.2, 0.25) is 17.7 Å². The van der Waals surface area contributed by atoms with Gasteiger partial charge in [0.15, 0.2) is 0 Å². The van der Waals surface area contributed by atoms with Crippen molar-refractivity contribution in [3.05, 3.63) is 93.0 Å². The second kappa shape index (κ2) is 10.4. The third-order valence-electron chi connectivity index (χ3n) is 7.74. The van der Waals surface area contributed by atoms with Crippen LogP contribution in [0.4, 0.5) is 20.2 Å². The number of primary amides is 1. The summed E-state index contributed by atoms with van der Waals surface area (Å²) >= 11 is 12.3. The number of hydrogen-bond acceptors (Lipinski definition) is 4. The Morgan fingerprint density at radius 3 is 2.37 bits per heavy atom. The molecular formula is C30H28Cl2F2N4O3. The minimum Gasteiger partial charge on any atom is -0.366 e. The summed E-state index contributed by atoms with van der Waals surface area (Å²) in [6.07, 6.45) is 0.375. The Kier molecular flexibility index (Phi) is 7.34. The molecule has 1 spiro atoms. The Labute approximate surface area is 245 Å². The van der Waals surface area contributed by atoms with Gasteiger partial charge in [0.25, 0.3) is 0 Å². The van der Waals surface area contributed by atoms with E-state index in [-0.39, 0.29) is 37.8 Å². The standard InChI is InChI=1S/C30H28Cl2F2N4O3/c1-29(2,3)13-22-30(17-11-20(33)19(32)12-21(17)37-28(30)41)23(16-5-4-6-18(31)24(16)34)25(38-22)27(40)36-15-9-7-14(8-10-15)26(35)39/h4-12,22-23,25,38H,13H2,1-3H3,(H2,35,39)(H,36,40)(H,37,41)/t22-,23-,25+,30+/m0/s1. The lowest BCUT2D eigenvalue weighted by molar-refractivity contribution is -0.122. The normalized spacial score (nSPS) is 23.4. The monoisotopic (exact) mass is 600 g/mol. The number of amides is 3. The van der Waals surface area contributed by atoms with Gasteiger partial charge in [0.1, 0.15) is 17.0 Å². The number of rotatable bonds is 5. The summed E-state index contributed by atoms with van der Waals surface area (Å²) in [5.74, 6) is -4.36. The van der Waals surface area contributed by atoms with Crippen molar-refractivity contribution in [2.45, 2.75) is 50.6 Å². The molecule has 1 saturated heterocycles. The lowest BCUT2D eigenvalue weighted by Gasteiger charge is -2.37. The Morgan fingerprint density at radius 2 is 1.73 bits per heavy atom. The average molecular weight is 601 g/mol. The molecule has 2 aliphatic rings. The minimum absolute atomic E-state index is 0.0315. The molecule has 0 radical (unpaired) electrons. The van der Waals surface area contributed by atoms with Gasteiger partial charge in [-0.3, -0.25) is 14.4 Å². The molecular weight excluding hydrogens is 573 g/mol. The maximum atomic E-state index is 15.8. The van der Waals surface area contributed by atoms with Crippen LogP contribution in [0, 0.1) is 17.0 Å². The second-order valence-electron chi connectivity index (χ2n) is 11.6. The molecule has 0 aromatic heterocycles. The van der Waals surface area contributed by atoms with E-state index >= 15 is 8.78 Å². The molecule has 5 N–H and O–H groups in total. The van der Waals surface area contributed by atoms with Crippen LogP contribution in [0.3, 0.4) is 0 Å². The van der Waals surface area contributed by atoms with E-state index in [2.05, 4.69) is 16.0 Å². The van der Waals surface area contributed by atoms with E-state index in [1.807, 2.05) is 20.8 Å². The number of carbonyl (C=O) groups excluding carboxylic acids is 3. The highest BCUT2D eigenvalue weighted by Gasteiger charge is 2.66. The molecule has 0 aliphatic carbocycles. The van der Waals surface area contributed by atoms with Crippen molar-refractivity contribution in [1.82, 2.24) is 5.32 Å². The first-order valence-electron chi connectivity index (χ1n) is 13.0. The molecule has 3 aromatic carbocycles. The van der Waals surface area contributed by atoms with Crippen molar-refractivity contribution < 1.29 is 23.2 Å². The molecule has 2 aliphatic heterocycles. The molecule has 3 amide bonds. The number of hydrogen-bond donors (Lipinski definition) is 4. The van der Waals surface area contributed by atoms with Gasteiger partial charge in [-0.25, -0.2) is 8.78 Å². The molecule has 11 heteroatoms. The Balaban J connectivity index is 1.71. The van der Waals surface area contributed by atoms with Gasteiger partial charge < -0.3 is 21.7 Å². The average Bonchev–Trinajstić information content (AvgIpc) is 3.35. The third-order valence-corrected chi connectivity index (χ3v) is 8.32. The first kappa shape index (κ1) is 29.0. The number of fused-ring (bicyclic) bond motifs is 2. The molecule has 214 valence electrons. The first-order chi connectivity index (χ1) is 19.2. The van der Waals surface area contributed by atoms with Crippen LogP contribution in [0.2, 0.25) is 10.0 Å². The summed E-state index contributed by atoms with van der Waals surface area (Å²) < 4.78 is 30.8. The van der Waals surface area contributed by atoms with Gasteiger partial charge in [0, 0.05) is 28.9 Å². The maximum absolute atomic E-state index is 15.8. The van der Waals surface area contributed by atoms with Gasteiger partial charge in [-0.2, -0.15) is 0 Å². The van der Waals surface area contributed by atoms with Crippen molar-refractivity contribution in [1.29, 1.82) is 0 Å². The van der Waals surface area contributed by atoms with E-state index in [1.165, 1.54) is 48.5 Å². The van der Waals surface area contributed by atoms with Crippen LogP contribution < -0.4 is 21.7 Å². The predicted molar refractivity (Wildman–Crippen MR) is 154 cm³/mol. The van der Waals surface area contributed by atoms with Crippen LogP contribution in [0.15, 0.2) is 54.6 Å². The number of carbonyl (C=O) groups is 3. The van der Waals surface area contributed by atoms with Crippen LogP contribution >= 0.6 is 23.2 Å². The van der Waals surface area contributed by atoms with Crippen LogP contribution in [-0.2, 0) is 15.0 Å². The van der Waals surface area contributed by atoms with Crippen LogP contribution in [0.1, 0.15) is 54.6 Å². The fraction of sp³-hybridized carbons (Fsp3) is 0.300. The lowest BCUT2D eigenvalue weighted by atomic mass is 9.62. The first-order valence-corrected chi connectivity index (χ1v) is 13.7. The molecule has 3 aromatic rings. The zero-order valence-corrected chi connectivity index (χ0v) is 24.0. The Bertz CT molecular complexity index is 1580. The van der Waals surface area contributed by atoms with Crippen molar-refractivity contribution in [2.24, 2.45) is 11.1 Å². The van der Waals surface area contributed by atoms with Crippen LogP contribution in [0.5, 0.6) is 0 Å². The summed E-state index contributed by atoms with van der Waals surface area (Å²) in [5, 5.41) is 8.56. The summed E-state index contributed by atoms with van der Waals surface area (Å²) in [6, 6.07) is 11.0. The van der Waals surface area contributed by atoms with Crippen molar-refractivity contribution >= 4 is 52.3 Å². The zero-order chi connectivity index (χ0) is 29.9. The maximum Gasteiger partial charge on any atom is 0.248 e. The van der Waals surface area contributed by atoms with Gasteiger partial charge >= 0.3 is 0 Å². The highest BCUT2D eigenvalue weighted by atomic mass is 35.5. The molecule has 41 heavy (non-hydrogen) atoms. The molecule has 2 heterocycles. The van der Waals surface area contributed by atoms with E-state index in [0.29, 0.717) is 12.1 Å². The molecule has 0 bridgehead atoms. The zero-order valence-electron chi connectivity index (χ0n) is 22.4. The van der Waals surface area contributed by atoms with E-state index in [4.69, 9.17) is 28.9 Å². The van der Waals surface area contributed by atoms with Crippen LogP contribution in [-0.4, -0.2) is 29.8 Å². The smallest absolute Gasteiger partial charge is 0.248 e. The van der Waals surface area contributed by atoms with Gasteiger partial charge in [-0.05, 0) is 65.4 Å². The summed E-state index contributed by atoms with van der Waals surface area (Å²) in [4.78, 5) is 39.6. The SMILES string of the molecule is CC(C)(C)C[C@@H]1N[C@@H](C(=O)Nc2ccc(C(N)=O)cc2)[C@H](c2cccc(Cl)c2F)[C@]12C(=O)Nc1cc(Cl)c(F)cc12. The van der Waals surface area contributed by atoms with E-state index < -0.39 is 52.8 Å². The molecule has 5 rings (SSSR count). The Hall–Kier alpha value is -3.53. The number of nitrogens with one attached hydrogen (secondary N) is 3. The van der Waals surface area contributed by atoms with E-state index in [0.717, 1.165) is 0 Å². The predicted octanol–water partition coefficient (Wildman–Crippen LogP) is 5.76. The van der Waals surface area contributed by atoms with E-state index in [9.17, 15) is 14.4 Å². The number of nitrogens with two attached hydrogens (primary N) is 1. The third kappa shape index (κ3) is 4.96. The fourth-order valence-electron chi connectivity index (χ4n) is 6.10.